The molecule has 3 amide bonds. The van der Waals surface area contributed by atoms with E-state index in [1.54, 1.807) is 5.32 Å². The Hall–Kier alpha value is -3.80. The SMILES string of the molecule is Cn1cc2c(c1C(=O)Nc1ccc(F)c(C(F)F)c1)OCC1(CCN(C(=O)C(=O)NC(C)(C)C(F)(F)F)C1)NS2(=O)=O. The maximum atomic E-state index is 13.7. The molecule has 3 heterocycles. The number of carbonyl (C=O) groups is 3. The van der Waals surface area contributed by atoms with E-state index in [0.717, 1.165) is 33.9 Å². The summed E-state index contributed by atoms with van der Waals surface area (Å²) in [6.45, 7) is 0.266. The maximum Gasteiger partial charge on any atom is 0.410 e. The van der Waals surface area contributed by atoms with E-state index < -0.39 is 86.6 Å². The molecule has 1 saturated heterocycles. The number of benzene rings is 1. The van der Waals surface area contributed by atoms with Crippen molar-refractivity contribution in [1.82, 2.24) is 19.5 Å². The average molecular weight is 626 g/mol. The van der Waals surface area contributed by atoms with Crippen LogP contribution in [0.2, 0.25) is 0 Å². The van der Waals surface area contributed by atoms with Crippen LogP contribution in [-0.2, 0) is 26.7 Å². The van der Waals surface area contributed by atoms with Gasteiger partial charge in [-0.2, -0.15) is 17.9 Å². The van der Waals surface area contributed by atoms with Crippen LogP contribution >= 0.6 is 0 Å². The third-order valence-electron chi connectivity index (χ3n) is 6.91. The first-order chi connectivity index (χ1) is 19.3. The molecular weight excluding hydrogens is 600 g/mol. The number of rotatable bonds is 4. The second kappa shape index (κ2) is 10.5. The molecule has 1 spiro atoms. The van der Waals surface area contributed by atoms with Gasteiger partial charge in [-0.05, 0) is 38.5 Å². The van der Waals surface area contributed by atoms with Gasteiger partial charge in [0.05, 0.1) is 11.1 Å². The Kier molecular flexibility index (Phi) is 7.77. The molecule has 0 aliphatic carbocycles. The number of alkyl halides is 5. The van der Waals surface area contributed by atoms with Gasteiger partial charge in [-0.15, -0.1) is 0 Å². The monoisotopic (exact) mass is 625 g/mol. The minimum Gasteiger partial charge on any atom is -0.488 e. The van der Waals surface area contributed by atoms with Gasteiger partial charge in [-0.25, -0.2) is 21.6 Å². The number of ether oxygens (including phenoxy) is 1. The van der Waals surface area contributed by atoms with Crippen molar-refractivity contribution in [3.8, 4) is 5.75 Å². The number of aromatic nitrogens is 1. The van der Waals surface area contributed by atoms with E-state index in [1.165, 1.54) is 7.05 Å². The summed E-state index contributed by atoms with van der Waals surface area (Å²) in [6, 6.07) is 2.49. The predicted octanol–water partition coefficient (Wildman–Crippen LogP) is 2.45. The van der Waals surface area contributed by atoms with E-state index in [-0.39, 0.29) is 24.3 Å². The van der Waals surface area contributed by atoms with Crippen molar-refractivity contribution in [1.29, 1.82) is 0 Å². The number of amides is 3. The van der Waals surface area contributed by atoms with Gasteiger partial charge in [0.1, 0.15) is 22.9 Å². The fraction of sp³-hybridized carbons (Fsp3) is 0.458. The summed E-state index contributed by atoms with van der Waals surface area (Å²) in [5.74, 6) is -5.40. The number of likely N-dealkylation sites (tertiary alicyclic amines) is 1. The smallest absolute Gasteiger partial charge is 0.410 e. The molecule has 2 aliphatic rings. The molecule has 0 radical (unpaired) electrons. The van der Waals surface area contributed by atoms with Crippen molar-refractivity contribution in [2.75, 3.05) is 25.0 Å². The van der Waals surface area contributed by atoms with E-state index in [1.807, 2.05) is 0 Å². The zero-order valence-electron chi connectivity index (χ0n) is 22.2. The van der Waals surface area contributed by atoms with Crippen LogP contribution in [0.15, 0.2) is 29.3 Å². The standard InChI is InChI=1S/C24H25F6N5O6S/c1-22(2,24(28,29)30)32-20(37)21(38)35-7-6-23(10-35)11-41-17-15(42(39,40)33-23)9-34(3)16(17)19(36)31-12-4-5-14(25)13(8-12)18(26)27/h4-5,8-9,18,33H,6-7,10-11H2,1-3H3,(H,31,36)(H,32,37). The Bertz CT molecular complexity index is 1560. The van der Waals surface area contributed by atoms with Gasteiger partial charge in [0.2, 0.25) is 10.0 Å². The lowest BCUT2D eigenvalue weighted by Crippen LogP contribution is -2.58. The highest BCUT2D eigenvalue weighted by molar-refractivity contribution is 7.89. The van der Waals surface area contributed by atoms with Crippen LogP contribution < -0.4 is 20.1 Å². The molecule has 1 aromatic heterocycles. The zero-order valence-corrected chi connectivity index (χ0v) is 23.1. The van der Waals surface area contributed by atoms with Gasteiger partial charge in [0.25, 0.3) is 12.3 Å². The number of fused-ring (bicyclic) bond motifs is 1. The predicted molar refractivity (Wildman–Crippen MR) is 133 cm³/mol. The first-order valence-corrected chi connectivity index (χ1v) is 13.7. The van der Waals surface area contributed by atoms with E-state index in [0.29, 0.717) is 13.8 Å². The van der Waals surface area contributed by atoms with Crippen molar-refractivity contribution < 1.29 is 53.9 Å². The van der Waals surface area contributed by atoms with Crippen molar-refractivity contribution >= 4 is 33.4 Å². The van der Waals surface area contributed by atoms with Crippen molar-refractivity contribution in [2.45, 2.75) is 48.8 Å². The summed E-state index contributed by atoms with van der Waals surface area (Å²) in [7, 11) is -3.11. The highest BCUT2D eigenvalue weighted by atomic mass is 32.2. The normalized spacial score (nSPS) is 20.2. The highest BCUT2D eigenvalue weighted by Crippen LogP contribution is 2.37. The Morgan fingerprint density at radius 2 is 1.83 bits per heavy atom. The molecule has 0 bridgehead atoms. The average Bonchev–Trinajstić information content (AvgIpc) is 3.40. The molecule has 1 aromatic carbocycles. The number of halogens is 6. The van der Waals surface area contributed by atoms with Crippen LogP contribution in [0.5, 0.6) is 5.75 Å². The molecule has 0 saturated carbocycles. The van der Waals surface area contributed by atoms with Gasteiger partial charge in [-0.3, -0.25) is 14.4 Å². The Labute approximate surface area is 235 Å². The summed E-state index contributed by atoms with van der Waals surface area (Å²) in [5.41, 5.74) is -5.70. The van der Waals surface area contributed by atoms with Gasteiger partial charge in [0, 0.05) is 32.0 Å². The number of anilines is 1. The van der Waals surface area contributed by atoms with Crippen LogP contribution in [0.3, 0.4) is 0 Å². The van der Waals surface area contributed by atoms with Crippen LogP contribution in [0.25, 0.3) is 0 Å². The Balaban J connectivity index is 1.55. The maximum absolute atomic E-state index is 13.7. The Morgan fingerprint density at radius 3 is 2.45 bits per heavy atom. The molecule has 4 rings (SSSR count). The van der Waals surface area contributed by atoms with E-state index in [4.69, 9.17) is 4.74 Å². The number of hydrogen-bond donors (Lipinski definition) is 3. The molecule has 1 unspecified atom stereocenters. The third-order valence-corrected chi connectivity index (χ3v) is 8.48. The van der Waals surface area contributed by atoms with Crippen molar-refractivity contribution in [2.24, 2.45) is 7.05 Å². The zero-order chi connectivity index (χ0) is 31.4. The summed E-state index contributed by atoms with van der Waals surface area (Å²) < 4.78 is 115. The second-order valence-electron chi connectivity index (χ2n) is 10.5. The molecule has 2 aliphatic heterocycles. The first kappa shape index (κ1) is 31.1. The molecule has 18 heteroatoms. The highest BCUT2D eigenvalue weighted by Gasteiger charge is 2.51. The van der Waals surface area contributed by atoms with E-state index >= 15 is 0 Å². The topological polar surface area (TPSA) is 139 Å². The lowest BCUT2D eigenvalue weighted by atomic mass is 10.0. The van der Waals surface area contributed by atoms with E-state index in [2.05, 4.69) is 10.0 Å². The number of sulfonamides is 1. The minimum absolute atomic E-state index is 0.0855. The quantitative estimate of drug-likeness (QED) is 0.353. The van der Waals surface area contributed by atoms with Gasteiger partial charge in [0.15, 0.2) is 11.4 Å². The van der Waals surface area contributed by atoms with Crippen molar-refractivity contribution in [3.63, 3.8) is 0 Å². The molecule has 1 atom stereocenters. The van der Waals surface area contributed by atoms with Crippen molar-refractivity contribution in [3.05, 3.63) is 41.5 Å². The number of nitrogens with one attached hydrogen (secondary N) is 3. The summed E-state index contributed by atoms with van der Waals surface area (Å²) in [6.07, 6.45) is -7.04. The van der Waals surface area contributed by atoms with Gasteiger partial charge >= 0.3 is 18.0 Å². The van der Waals surface area contributed by atoms with E-state index in [9.17, 15) is 49.1 Å². The molecule has 230 valence electrons. The molecule has 11 nitrogen and oxygen atoms in total. The van der Waals surface area contributed by atoms with Crippen LogP contribution in [-0.4, -0.2) is 72.6 Å². The molecule has 3 N–H and O–H groups in total. The number of carbonyl (C=O) groups excluding carboxylic acids is 3. The third kappa shape index (κ3) is 5.77. The fourth-order valence-corrected chi connectivity index (χ4v) is 6.13. The molecular formula is C24H25F6N5O6S. The van der Waals surface area contributed by atoms with Gasteiger partial charge < -0.3 is 24.8 Å². The molecule has 42 heavy (non-hydrogen) atoms. The van der Waals surface area contributed by atoms with Crippen LogP contribution in [0.1, 0.15) is 42.7 Å². The second-order valence-corrected chi connectivity index (χ2v) is 12.2. The Morgan fingerprint density at radius 1 is 1.17 bits per heavy atom. The lowest BCUT2D eigenvalue weighted by molar-refractivity contribution is -0.189. The van der Waals surface area contributed by atoms with Crippen LogP contribution in [0, 0.1) is 5.82 Å². The number of nitrogens with zero attached hydrogens (tertiary/aromatic N) is 2. The largest absolute Gasteiger partial charge is 0.488 e. The fourth-order valence-electron chi connectivity index (χ4n) is 4.53. The number of hydrogen-bond acceptors (Lipinski definition) is 6. The molecule has 1 fully saturated rings. The van der Waals surface area contributed by atoms with Crippen LogP contribution in [0.4, 0.5) is 32.0 Å². The first-order valence-electron chi connectivity index (χ1n) is 12.2. The lowest BCUT2D eigenvalue weighted by Gasteiger charge is -2.30. The molecule has 2 aromatic rings. The van der Waals surface area contributed by atoms with Gasteiger partial charge in [-0.1, -0.05) is 0 Å². The summed E-state index contributed by atoms with van der Waals surface area (Å²) in [5, 5.41) is 3.92. The summed E-state index contributed by atoms with van der Waals surface area (Å²) >= 11 is 0. The number of aryl methyl sites for hydroxylation is 1. The summed E-state index contributed by atoms with van der Waals surface area (Å²) in [4.78, 5) is 38.4. The minimum atomic E-state index is -4.85.